The average Bonchev–Trinajstić information content (AvgIpc) is 0.691. The molecule has 0 amide bonds. The number of allylic oxidation sites excluding steroid dienone is 3. The zero-order valence-corrected chi connectivity index (χ0v) is 50.0. The van der Waals surface area contributed by atoms with Gasteiger partial charge in [0.15, 0.2) is 37.6 Å². The van der Waals surface area contributed by atoms with Crippen molar-refractivity contribution in [2.45, 2.75) is 256 Å². The maximum atomic E-state index is 13.5. The number of aliphatic hydroxyl groups is 12. The van der Waals surface area contributed by atoms with Crippen molar-refractivity contribution >= 4 is 17.9 Å². The molecule has 0 spiro atoms. The number of rotatable bonds is 14. The van der Waals surface area contributed by atoms with E-state index >= 15 is 0 Å². The van der Waals surface area contributed by atoms with E-state index in [0.29, 0.717) is 44.1 Å². The minimum Gasteiger partial charge on any atom is -0.479 e. The lowest BCUT2D eigenvalue weighted by molar-refractivity contribution is -0.406. The molecule has 0 bridgehead atoms. The molecule has 0 radical (unpaired) electrons. The third-order valence-corrected chi connectivity index (χ3v) is 22.2. The first-order valence-electron chi connectivity index (χ1n) is 29.9. The number of aliphatic hydroxyl groups excluding tert-OH is 12. The molecule has 85 heavy (non-hydrogen) atoms. The number of carbonyl (C=O) groups excluding carboxylic acids is 2. The largest absolute Gasteiger partial charge is 0.479 e. The van der Waals surface area contributed by atoms with Crippen LogP contribution in [0.15, 0.2) is 23.3 Å². The summed E-state index contributed by atoms with van der Waals surface area (Å²) >= 11 is 0. The first kappa shape index (κ1) is 66.5. The molecule has 26 nitrogen and oxygen atoms in total. The van der Waals surface area contributed by atoms with Gasteiger partial charge in [-0.05, 0) is 98.2 Å². The zero-order valence-electron chi connectivity index (χ0n) is 50.0. The van der Waals surface area contributed by atoms with Gasteiger partial charge in [0, 0.05) is 24.3 Å². The predicted molar refractivity (Wildman–Crippen MR) is 288 cm³/mol. The second kappa shape index (κ2) is 24.4. The highest BCUT2D eigenvalue weighted by atomic mass is 16.8. The summed E-state index contributed by atoms with van der Waals surface area (Å²) in [4.78, 5) is 39.6. The number of carbonyl (C=O) groups is 3. The zero-order chi connectivity index (χ0) is 62.6. The summed E-state index contributed by atoms with van der Waals surface area (Å²) in [6, 6.07) is 0. The fourth-order valence-electron chi connectivity index (χ4n) is 17.1. The Hall–Kier alpha value is -2.91. The number of carboxylic acids is 1. The maximum Gasteiger partial charge on any atom is 0.335 e. The third-order valence-electron chi connectivity index (χ3n) is 22.2. The minimum absolute atomic E-state index is 0.00886. The van der Waals surface area contributed by atoms with Gasteiger partial charge in [0.2, 0.25) is 0 Å². The molecule has 9 aliphatic rings. The van der Waals surface area contributed by atoms with Gasteiger partial charge in [0.25, 0.3) is 0 Å². The van der Waals surface area contributed by atoms with Gasteiger partial charge in [-0.3, -0.25) is 4.79 Å². The molecule has 29 unspecified atom stereocenters. The van der Waals surface area contributed by atoms with Crippen molar-refractivity contribution in [1.29, 1.82) is 0 Å². The summed E-state index contributed by atoms with van der Waals surface area (Å²) in [6.45, 7) is 17.4. The molecule has 0 aromatic heterocycles. The molecule has 0 aromatic rings. The molecule has 4 saturated heterocycles. The number of esters is 2. The first-order valence-corrected chi connectivity index (χ1v) is 29.9. The highest BCUT2D eigenvalue weighted by Crippen LogP contribution is 2.76. The number of hydrogen-bond donors (Lipinski definition) is 13. The van der Waals surface area contributed by atoms with Crippen LogP contribution in [0.5, 0.6) is 0 Å². The van der Waals surface area contributed by atoms with E-state index in [4.69, 9.17) is 47.4 Å². The highest BCUT2D eigenvalue weighted by Gasteiger charge is 2.74. The molecule has 0 aromatic carbocycles. The van der Waals surface area contributed by atoms with Crippen LogP contribution in [0, 0.1) is 50.2 Å². The van der Waals surface area contributed by atoms with Crippen molar-refractivity contribution < 1.29 is 128 Å². The predicted octanol–water partition coefficient (Wildman–Crippen LogP) is -0.843. The minimum atomic E-state index is -2.21. The fourth-order valence-corrected chi connectivity index (χ4v) is 17.1. The fraction of sp³-hybridized carbons (Fsp3) is 0.881. The van der Waals surface area contributed by atoms with Crippen molar-refractivity contribution in [1.82, 2.24) is 0 Å². The average molecular weight is 1220 g/mol. The van der Waals surface area contributed by atoms with E-state index < -0.39 is 218 Å². The lowest BCUT2D eigenvalue weighted by Gasteiger charge is -2.72. The SMILES string of the molecule is CC=C(C)C(=O)OC1C(OC(C)=O)C2(CO)C(O)CC3(C)C(=CCC4C5(C)CCC(OC6OC(C(=O)O)C(O)C(OC7OC(O)C(O)CC7OC7OCC(O)C(O)C7O)C6OC6OC(CO)C(O)C(O)C6O)C(C)(C)C5CCC43C)C2CC1(C)C. The van der Waals surface area contributed by atoms with Crippen molar-refractivity contribution in [3.63, 3.8) is 0 Å². The Balaban J connectivity index is 1.03. The smallest absolute Gasteiger partial charge is 0.335 e. The quantitative estimate of drug-likeness (QED) is 0.0436. The van der Waals surface area contributed by atoms with Gasteiger partial charge in [0.1, 0.15) is 85.5 Å². The summed E-state index contributed by atoms with van der Waals surface area (Å²) in [5, 5.41) is 143. The molecule has 29 atom stereocenters. The van der Waals surface area contributed by atoms with Crippen LogP contribution in [-0.2, 0) is 61.8 Å². The van der Waals surface area contributed by atoms with Crippen LogP contribution in [0.3, 0.4) is 0 Å². The molecule has 484 valence electrons. The van der Waals surface area contributed by atoms with Crippen LogP contribution < -0.4 is 0 Å². The molecular weight excluding hydrogens is 1120 g/mol. The Labute approximate surface area is 493 Å². The van der Waals surface area contributed by atoms with Crippen molar-refractivity contribution in [3.8, 4) is 0 Å². The second-order valence-electron chi connectivity index (χ2n) is 27.6. The Morgan fingerprint density at radius 1 is 0.682 bits per heavy atom. The molecule has 4 heterocycles. The standard InChI is InChI=1S/C59H92O26/c1-11-24(2)48(74)84-45-46(77-25(3)62)59(23-61)27(19-54(45,4)5)26-12-13-33-56(8)16-15-35(55(6,7)32(56)14-17-57(33,9)58(26,10)20-34(59)65)80-53-44(83-52-40(70)38(68)37(67)31(21-60)79-52)42(41(71)43(82-53)47(72)73)81-50-30(18-28(63)49(75)85-50)78-51-39(69)36(66)29(64)22-76-51/h11-12,27-46,49-53,60-61,63-71,75H,13-23H2,1-10H3,(H,72,73). The lowest BCUT2D eigenvalue weighted by Crippen LogP contribution is -2.72. The van der Waals surface area contributed by atoms with Gasteiger partial charge in [-0.2, -0.15) is 0 Å². The van der Waals surface area contributed by atoms with Crippen LogP contribution in [-0.4, -0.2) is 239 Å². The van der Waals surface area contributed by atoms with Gasteiger partial charge in [-0.1, -0.05) is 66.2 Å². The van der Waals surface area contributed by atoms with Crippen LogP contribution in [0.1, 0.15) is 121 Å². The molecular formula is C59H92O26. The Morgan fingerprint density at radius 2 is 1.35 bits per heavy atom. The Morgan fingerprint density at radius 3 is 1.99 bits per heavy atom. The van der Waals surface area contributed by atoms with E-state index in [0.717, 1.165) is 5.57 Å². The number of carboxylic acid groups (broad SMARTS) is 1. The summed E-state index contributed by atoms with van der Waals surface area (Å²) < 4.78 is 60.9. The number of fused-ring (bicyclic) bond motifs is 7. The molecule has 8 fully saturated rings. The van der Waals surface area contributed by atoms with Crippen molar-refractivity contribution in [3.05, 3.63) is 23.3 Å². The Bertz CT molecular complexity index is 2490. The van der Waals surface area contributed by atoms with Gasteiger partial charge < -0.3 is 114 Å². The van der Waals surface area contributed by atoms with E-state index in [1.54, 1.807) is 19.9 Å². The van der Waals surface area contributed by atoms with Crippen LogP contribution in [0.4, 0.5) is 0 Å². The topological polar surface area (TPSA) is 407 Å². The summed E-state index contributed by atoms with van der Waals surface area (Å²) in [5.74, 6) is -3.55. The van der Waals surface area contributed by atoms with E-state index in [2.05, 4.69) is 26.8 Å². The van der Waals surface area contributed by atoms with Crippen molar-refractivity contribution in [2.24, 2.45) is 50.2 Å². The molecule has 4 saturated carbocycles. The van der Waals surface area contributed by atoms with Gasteiger partial charge in [-0.15, -0.1) is 0 Å². The van der Waals surface area contributed by atoms with Gasteiger partial charge >= 0.3 is 17.9 Å². The third kappa shape index (κ3) is 11.2. The van der Waals surface area contributed by atoms with E-state index in [1.807, 2.05) is 27.7 Å². The van der Waals surface area contributed by atoms with Gasteiger partial charge in [0.05, 0.1) is 37.4 Å². The number of aliphatic carboxylic acids is 1. The van der Waals surface area contributed by atoms with E-state index in [-0.39, 0.29) is 18.3 Å². The number of hydrogen-bond acceptors (Lipinski definition) is 25. The first-order chi connectivity index (χ1) is 39.7. The second-order valence-corrected chi connectivity index (χ2v) is 27.6. The van der Waals surface area contributed by atoms with Gasteiger partial charge in [-0.25, -0.2) is 9.59 Å². The molecule has 5 aliphatic carbocycles. The highest BCUT2D eigenvalue weighted by molar-refractivity contribution is 5.87. The maximum absolute atomic E-state index is 13.5. The normalized spacial score (nSPS) is 50.5. The van der Waals surface area contributed by atoms with Crippen molar-refractivity contribution in [2.75, 3.05) is 19.8 Å². The summed E-state index contributed by atoms with van der Waals surface area (Å²) in [7, 11) is 0. The van der Waals surface area contributed by atoms with E-state index in [1.165, 1.54) is 6.92 Å². The lowest BCUT2D eigenvalue weighted by atomic mass is 9.33. The van der Waals surface area contributed by atoms with Crippen LogP contribution in [0.2, 0.25) is 0 Å². The molecule has 26 heteroatoms. The molecule has 9 rings (SSSR count). The van der Waals surface area contributed by atoms with Crippen LogP contribution in [0.25, 0.3) is 0 Å². The number of ether oxygens (including phenoxy) is 10. The van der Waals surface area contributed by atoms with E-state index in [9.17, 15) is 80.8 Å². The Kier molecular flexibility index (Phi) is 19.1. The summed E-state index contributed by atoms with van der Waals surface area (Å²) in [6.07, 6.45) is -30.7. The molecule has 13 N–H and O–H groups in total. The molecule has 4 aliphatic heterocycles. The van der Waals surface area contributed by atoms with Crippen LogP contribution >= 0.6 is 0 Å². The summed E-state index contributed by atoms with van der Waals surface area (Å²) in [5.41, 5.74) is -3.17. The monoisotopic (exact) mass is 1220 g/mol.